The van der Waals surface area contributed by atoms with E-state index in [-0.39, 0.29) is 5.41 Å². The van der Waals surface area contributed by atoms with Crippen LogP contribution in [0.3, 0.4) is 0 Å². The number of alkyl halides is 1. The van der Waals surface area contributed by atoms with Crippen molar-refractivity contribution in [2.24, 2.45) is 5.41 Å². The van der Waals surface area contributed by atoms with Gasteiger partial charge in [-0.15, -0.1) is 0 Å². The molecule has 0 bridgehead atoms. The Bertz CT molecular complexity index is 178. The van der Waals surface area contributed by atoms with Crippen molar-refractivity contribution in [1.82, 2.24) is 4.90 Å². The average molecular weight is 157 g/mol. The number of rotatable bonds is 0. The van der Waals surface area contributed by atoms with Gasteiger partial charge in [0.05, 0.1) is 0 Å². The van der Waals surface area contributed by atoms with Gasteiger partial charge in [-0.2, -0.15) is 0 Å². The van der Waals surface area contributed by atoms with E-state index in [2.05, 4.69) is 11.9 Å². The quantitative estimate of drug-likeness (QED) is 0.518. The lowest BCUT2D eigenvalue weighted by atomic mass is 9.92. The van der Waals surface area contributed by atoms with E-state index < -0.39 is 5.67 Å². The van der Waals surface area contributed by atoms with Gasteiger partial charge in [0.2, 0.25) is 0 Å². The monoisotopic (exact) mass is 157 g/mol. The summed E-state index contributed by atoms with van der Waals surface area (Å²) in [7, 11) is 2.09. The first kappa shape index (κ1) is 7.53. The first-order valence-electron chi connectivity index (χ1n) is 4.43. The summed E-state index contributed by atoms with van der Waals surface area (Å²) < 4.78 is 13.5. The number of hydrogen-bond acceptors (Lipinski definition) is 1. The van der Waals surface area contributed by atoms with Crippen molar-refractivity contribution in [2.75, 3.05) is 20.1 Å². The highest BCUT2D eigenvalue weighted by Gasteiger charge is 2.65. The second-order valence-electron chi connectivity index (χ2n) is 4.50. The van der Waals surface area contributed by atoms with Gasteiger partial charge < -0.3 is 4.90 Å². The van der Waals surface area contributed by atoms with E-state index in [1.54, 1.807) is 6.92 Å². The minimum absolute atomic E-state index is 0.0556. The van der Waals surface area contributed by atoms with Gasteiger partial charge in [-0.25, -0.2) is 4.39 Å². The lowest BCUT2D eigenvalue weighted by Gasteiger charge is -2.31. The normalized spacial score (nSPS) is 51.5. The van der Waals surface area contributed by atoms with E-state index in [1.807, 2.05) is 0 Å². The van der Waals surface area contributed by atoms with Gasteiger partial charge in [-0.1, -0.05) is 0 Å². The standard InChI is InChI=1S/C9H16FN/c1-8(10)6-9(8)4-3-5-11(2)7-9/h3-7H2,1-2H3. The second-order valence-corrected chi connectivity index (χ2v) is 4.50. The van der Waals surface area contributed by atoms with E-state index in [4.69, 9.17) is 0 Å². The first-order chi connectivity index (χ1) is 5.06. The molecular weight excluding hydrogens is 141 g/mol. The molecule has 2 aliphatic rings. The number of piperidine rings is 1. The molecule has 0 aromatic carbocycles. The molecule has 0 radical (unpaired) electrons. The van der Waals surface area contributed by atoms with E-state index in [1.165, 1.54) is 6.42 Å². The summed E-state index contributed by atoms with van der Waals surface area (Å²) in [6.45, 7) is 3.88. The summed E-state index contributed by atoms with van der Waals surface area (Å²) in [6, 6.07) is 0. The topological polar surface area (TPSA) is 3.24 Å². The molecular formula is C9H16FN. The fourth-order valence-corrected chi connectivity index (χ4v) is 2.52. The van der Waals surface area contributed by atoms with Gasteiger partial charge >= 0.3 is 0 Å². The summed E-state index contributed by atoms with van der Waals surface area (Å²) in [6.07, 6.45) is 3.07. The van der Waals surface area contributed by atoms with Crippen LogP contribution in [-0.2, 0) is 0 Å². The Morgan fingerprint density at radius 1 is 1.45 bits per heavy atom. The Labute approximate surface area is 67.6 Å². The minimum Gasteiger partial charge on any atom is -0.306 e. The fourth-order valence-electron chi connectivity index (χ4n) is 2.52. The predicted molar refractivity (Wildman–Crippen MR) is 43.3 cm³/mol. The Kier molecular flexibility index (Phi) is 1.35. The van der Waals surface area contributed by atoms with Crippen molar-refractivity contribution in [2.45, 2.75) is 31.9 Å². The van der Waals surface area contributed by atoms with Gasteiger partial charge in [-0.3, -0.25) is 0 Å². The number of likely N-dealkylation sites (tertiary alicyclic amines) is 1. The zero-order chi connectivity index (χ0) is 8.11. The molecule has 2 fully saturated rings. The molecule has 1 saturated heterocycles. The van der Waals surface area contributed by atoms with Crippen molar-refractivity contribution in [3.05, 3.63) is 0 Å². The third kappa shape index (κ3) is 0.994. The Hall–Kier alpha value is -0.110. The number of halogens is 1. The van der Waals surface area contributed by atoms with E-state index in [9.17, 15) is 4.39 Å². The van der Waals surface area contributed by atoms with Crippen molar-refractivity contribution < 1.29 is 4.39 Å². The van der Waals surface area contributed by atoms with E-state index in [0.717, 1.165) is 25.9 Å². The van der Waals surface area contributed by atoms with Gasteiger partial charge in [0.15, 0.2) is 0 Å². The second kappa shape index (κ2) is 1.98. The highest BCUT2D eigenvalue weighted by molar-refractivity contribution is 5.15. The lowest BCUT2D eigenvalue weighted by molar-refractivity contribution is 0.134. The van der Waals surface area contributed by atoms with Crippen LogP contribution in [0.5, 0.6) is 0 Å². The summed E-state index contributed by atoms with van der Waals surface area (Å²) in [5.74, 6) is 0. The Morgan fingerprint density at radius 3 is 2.45 bits per heavy atom. The van der Waals surface area contributed by atoms with Gasteiger partial charge in [-0.05, 0) is 39.8 Å². The van der Waals surface area contributed by atoms with Gasteiger partial charge in [0, 0.05) is 12.0 Å². The maximum atomic E-state index is 13.5. The highest BCUT2D eigenvalue weighted by Crippen LogP contribution is 2.63. The Balaban J connectivity index is 2.06. The van der Waals surface area contributed by atoms with Crippen LogP contribution in [0.15, 0.2) is 0 Å². The highest BCUT2D eigenvalue weighted by atomic mass is 19.1. The lowest BCUT2D eigenvalue weighted by Crippen LogP contribution is -2.36. The molecule has 0 amide bonds. The predicted octanol–water partition coefficient (Wildman–Crippen LogP) is 1.83. The summed E-state index contributed by atoms with van der Waals surface area (Å²) in [5, 5.41) is 0. The van der Waals surface area contributed by atoms with Crippen LogP contribution in [-0.4, -0.2) is 30.7 Å². The fraction of sp³-hybridized carbons (Fsp3) is 1.00. The first-order valence-corrected chi connectivity index (χ1v) is 4.43. The van der Waals surface area contributed by atoms with Crippen LogP contribution in [0.25, 0.3) is 0 Å². The van der Waals surface area contributed by atoms with Gasteiger partial charge in [0.25, 0.3) is 0 Å². The van der Waals surface area contributed by atoms with Crippen LogP contribution < -0.4 is 0 Å². The Morgan fingerprint density at radius 2 is 2.09 bits per heavy atom. The van der Waals surface area contributed by atoms with Crippen molar-refractivity contribution in [1.29, 1.82) is 0 Å². The van der Waals surface area contributed by atoms with Crippen LogP contribution in [0, 0.1) is 5.41 Å². The zero-order valence-corrected chi connectivity index (χ0v) is 7.36. The molecule has 2 heteroatoms. The SMILES string of the molecule is CN1CCCC2(C1)CC2(C)F. The minimum atomic E-state index is -0.846. The summed E-state index contributed by atoms with van der Waals surface area (Å²) >= 11 is 0. The molecule has 1 nitrogen and oxygen atoms in total. The molecule has 1 aliphatic carbocycles. The third-order valence-corrected chi connectivity index (χ3v) is 3.42. The molecule has 2 rings (SSSR count). The average Bonchev–Trinajstić information content (AvgIpc) is 2.32. The zero-order valence-electron chi connectivity index (χ0n) is 7.36. The summed E-state index contributed by atoms with van der Waals surface area (Å²) in [5.41, 5.74) is -0.790. The molecule has 2 unspecified atom stereocenters. The molecule has 11 heavy (non-hydrogen) atoms. The number of nitrogens with zero attached hydrogens (tertiary/aromatic N) is 1. The van der Waals surface area contributed by atoms with Crippen molar-refractivity contribution in [3.8, 4) is 0 Å². The van der Waals surface area contributed by atoms with Gasteiger partial charge in [0.1, 0.15) is 5.67 Å². The molecule has 1 heterocycles. The molecule has 0 aromatic heterocycles. The molecule has 1 aliphatic heterocycles. The molecule has 0 N–H and O–H groups in total. The molecule has 1 spiro atoms. The third-order valence-electron chi connectivity index (χ3n) is 3.42. The number of hydrogen-bond donors (Lipinski definition) is 0. The van der Waals surface area contributed by atoms with Crippen LogP contribution >= 0.6 is 0 Å². The maximum absolute atomic E-state index is 13.5. The molecule has 64 valence electrons. The molecule has 0 aromatic rings. The maximum Gasteiger partial charge on any atom is 0.115 e. The summed E-state index contributed by atoms with van der Waals surface area (Å²) in [4.78, 5) is 2.26. The van der Waals surface area contributed by atoms with Crippen molar-refractivity contribution in [3.63, 3.8) is 0 Å². The molecule has 1 saturated carbocycles. The van der Waals surface area contributed by atoms with E-state index >= 15 is 0 Å². The largest absolute Gasteiger partial charge is 0.306 e. The van der Waals surface area contributed by atoms with Crippen LogP contribution in [0.1, 0.15) is 26.2 Å². The molecule has 2 atom stereocenters. The smallest absolute Gasteiger partial charge is 0.115 e. The van der Waals surface area contributed by atoms with Crippen LogP contribution in [0.4, 0.5) is 4.39 Å². The van der Waals surface area contributed by atoms with Crippen molar-refractivity contribution >= 4 is 0 Å². The van der Waals surface area contributed by atoms with E-state index in [0.29, 0.717) is 0 Å². The van der Waals surface area contributed by atoms with Crippen LogP contribution in [0.2, 0.25) is 0 Å².